The van der Waals surface area contributed by atoms with Crippen molar-refractivity contribution < 1.29 is 38.2 Å². The first-order chi connectivity index (χ1) is 23.4. The number of aromatic nitrogens is 3. The Labute approximate surface area is 267 Å². The maximum Gasteiger partial charge on any atom is 0.216 e. The molecule has 0 spiro atoms. The Morgan fingerprint density at radius 2 is 1.76 bits per heavy atom. The molecule has 4 aromatic heterocycles. The van der Waals surface area contributed by atoms with Gasteiger partial charge in [0.1, 0.15) is 0 Å². The van der Waals surface area contributed by atoms with Gasteiger partial charge in [-0.2, -0.15) is 0 Å². The van der Waals surface area contributed by atoms with E-state index >= 15 is 0 Å². The third-order valence-corrected chi connectivity index (χ3v) is 6.43. The second-order valence-corrected chi connectivity index (χ2v) is 9.21. The Hall–Kier alpha value is -4.18. The van der Waals surface area contributed by atoms with Crippen LogP contribution in [0.1, 0.15) is 50.1 Å². The van der Waals surface area contributed by atoms with Gasteiger partial charge in [-0.3, -0.25) is 0 Å². The zero-order valence-corrected chi connectivity index (χ0v) is 24.2. The summed E-state index contributed by atoms with van der Waals surface area (Å²) in [6, 6.07) is 30.4. The molecule has 0 aliphatic carbocycles. The van der Waals surface area contributed by atoms with Gasteiger partial charge in [0.05, 0.1) is 11.1 Å². The number of aryl methyl sites for hydroxylation is 2. The van der Waals surface area contributed by atoms with Crippen molar-refractivity contribution in [2.75, 3.05) is 0 Å². The summed E-state index contributed by atoms with van der Waals surface area (Å²) < 4.78 is 81.3. The minimum absolute atomic E-state index is 0. The Morgan fingerprint density at radius 3 is 2.54 bits per heavy atom. The van der Waals surface area contributed by atoms with E-state index in [9.17, 15) is 0 Å². The van der Waals surface area contributed by atoms with Crippen molar-refractivity contribution in [1.29, 1.82) is 0 Å². The van der Waals surface area contributed by atoms with E-state index in [2.05, 4.69) is 27.1 Å². The van der Waals surface area contributed by atoms with Crippen molar-refractivity contribution >= 4 is 33.0 Å². The van der Waals surface area contributed by atoms with E-state index in [1.165, 1.54) is 37.5 Å². The van der Waals surface area contributed by atoms with Gasteiger partial charge in [0.15, 0.2) is 0 Å². The van der Waals surface area contributed by atoms with Gasteiger partial charge in [-0.1, -0.05) is 73.5 Å². The molecule has 1 unspecified atom stereocenters. The van der Waals surface area contributed by atoms with Crippen LogP contribution in [0, 0.1) is 25.8 Å². The zero-order valence-electron chi connectivity index (χ0n) is 31.8. The average molecular weight is 722 g/mol. The Morgan fingerprint density at radius 1 is 0.878 bits per heavy atom. The van der Waals surface area contributed by atoms with E-state index in [1.54, 1.807) is 30.3 Å². The van der Waals surface area contributed by atoms with Crippen molar-refractivity contribution in [2.45, 2.75) is 33.4 Å². The van der Waals surface area contributed by atoms with Crippen LogP contribution in [0.15, 0.2) is 102 Å². The molecule has 1 atom stereocenters. The van der Waals surface area contributed by atoms with Crippen molar-refractivity contribution in [3.63, 3.8) is 0 Å². The monoisotopic (exact) mass is 722 g/mol. The second-order valence-electron chi connectivity index (χ2n) is 9.21. The Balaban J connectivity index is 0.000000211. The number of nitrogens with zero attached hydrogens (tertiary/aromatic N) is 3. The SMILES string of the molecule is [2H]C([2H])([2H])C([2H])(C)c1ccnc(-c2[c-]ccc3c2oc2nc4ccccc4cc23)c1.[2H]C([2H])([2H])c1c[c-]c(-c2ccc(C([2H])([2H])[2H])cn2)cc1.[Ir]. The molecular weight excluding hydrogens is 683 g/mol. The molecule has 3 aromatic carbocycles. The third-order valence-electron chi connectivity index (χ3n) is 6.43. The van der Waals surface area contributed by atoms with Crippen molar-refractivity contribution in [2.24, 2.45) is 0 Å². The molecule has 7 rings (SSSR count). The minimum atomic E-state index is -2.47. The fourth-order valence-electron chi connectivity index (χ4n) is 4.40. The normalized spacial score (nSPS) is 16.9. The van der Waals surface area contributed by atoms with Crippen LogP contribution < -0.4 is 0 Å². The molecule has 7 aromatic rings. The van der Waals surface area contributed by atoms with Gasteiger partial charge >= 0.3 is 0 Å². The smallest absolute Gasteiger partial charge is 0.216 e. The fraction of sp³-hybridized carbons (Fsp3) is 0.139. The quantitative estimate of drug-likeness (QED) is 0.171. The summed E-state index contributed by atoms with van der Waals surface area (Å²) in [5.41, 5.74) is 4.97. The van der Waals surface area contributed by atoms with E-state index in [0.29, 0.717) is 39.4 Å². The number of fused-ring (bicyclic) bond motifs is 4. The first kappa shape index (κ1) is 18.3. The number of rotatable bonds is 3. The summed E-state index contributed by atoms with van der Waals surface area (Å²) in [5, 5.41) is 2.79. The van der Waals surface area contributed by atoms with Crippen LogP contribution >= 0.6 is 0 Å². The van der Waals surface area contributed by atoms with E-state index in [1.807, 2.05) is 36.4 Å². The Bertz CT molecular complexity index is 2260. The molecular formula is C36H29IrN3O-2. The van der Waals surface area contributed by atoms with Gasteiger partial charge in [0, 0.05) is 57.0 Å². The van der Waals surface area contributed by atoms with Crippen LogP contribution in [0.5, 0.6) is 0 Å². The number of hydrogen-bond acceptors (Lipinski definition) is 4. The number of para-hydroxylation sites is 1. The predicted molar refractivity (Wildman–Crippen MR) is 163 cm³/mol. The van der Waals surface area contributed by atoms with Crippen LogP contribution in [-0.2, 0) is 20.1 Å². The molecule has 205 valence electrons. The topological polar surface area (TPSA) is 51.8 Å². The van der Waals surface area contributed by atoms with Gasteiger partial charge in [0.25, 0.3) is 0 Å². The second kappa shape index (κ2) is 12.1. The van der Waals surface area contributed by atoms with Gasteiger partial charge in [0.2, 0.25) is 5.71 Å². The summed E-state index contributed by atoms with van der Waals surface area (Å²) >= 11 is 0. The van der Waals surface area contributed by atoms with Crippen LogP contribution in [0.3, 0.4) is 0 Å². The molecule has 0 saturated carbocycles. The summed E-state index contributed by atoms with van der Waals surface area (Å²) in [4.78, 5) is 13.1. The van der Waals surface area contributed by atoms with Crippen LogP contribution in [0.25, 0.3) is 55.5 Å². The predicted octanol–water partition coefficient (Wildman–Crippen LogP) is 9.28. The van der Waals surface area contributed by atoms with E-state index in [4.69, 9.17) is 18.1 Å². The molecule has 1 radical (unpaired) electrons. The molecule has 0 saturated heterocycles. The van der Waals surface area contributed by atoms with Gasteiger partial charge in [-0.15, -0.1) is 53.6 Å². The van der Waals surface area contributed by atoms with Crippen molar-refractivity contribution in [1.82, 2.24) is 15.0 Å². The molecule has 4 heterocycles. The number of benzene rings is 3. The standard InChI is InChI=1S/C23H17N2O.C13H12N.Ir/c1-14(2)15-10-11-24-21(13-15)18-8-5-7-17-19-12-16-6-3-4-9-20(16)25-23(19)26-22(17)18;1-10-3-6-12(7-4-10)13-8-5-11(2)9-14-13;/h3-7,9-14H,1-2H3;3-6,8-9H,1-2H3;/q2*-1;/i1D3,14D;1D3,2D3;. The van der Waals surface area contributed by atoms with E-state index in [0.717, 1.165) is 21.7 Å². The summed E-state index contributed by atoms with van der Waals surface area (Å²) in [6.45, 7) is -5.42. The van der Waals surface area contributed by atoms with Crippen molar-refractivity contribution in [3.05, 3.63) is 126 Å². The maximum absolute atomic E-state index is 8.38. The largest absolute Gasteiger partial charge is 0.486 e. The van der Waals surface area contributed by atoms with Gasteiger partial charge in [-0.25, -0.2) is 4.98 Å². The first-order valence-corrected chi connectivity index (χ1v) is 12.5. The molecule has 0 fully saturated rings. The van der Waals surface area contributed by atoms with Crippen LogP contribution in [0.2, 0.25) is 0 Å². The number of hydrogen-bond donors (Lipinski definition) is 0. The third kappa shape index (κ3) is 5.97. The molecule has 0 amide bonds. The Kier molecular flexibility index (Phi) is 5.41. The molecule has 0 aliphatic rings. The summed E-state index contributed by atoms with van der Waals surface area (Å²) in [5.74, 6) is -1.76. The van der Waals surface area contributed by atoms with E-state index in [-0.39, 0.29) is 31.2 Å². The zero-order chi connectivity index (χ0) is 36.1. The van der Waals surface area contributed by atoms with Crippen LogP contribution in [0.4, 0.5) is 0 Å². The average Bonchev–Trinajstić information content (AvgIpc) is 3.44. The molecule has 4 nitrogen and oxygen atoms in total. The molecule has 0 N–H and O–H groups in total. The van der Waals surface area contributed by atoms with E-state index < -0.39 is 26.4 Å². The molecule has 41 heavy (non-hydrogen) atoms. The maximum atomic E-state index is 8.38. The molecule has 5 heteroatoms. The van der Waals surface area contributed by atoms with Gasteiger partial charge in [-0.05, 0) is 47.9 Å². The fourth-order valence-corrected chi connectivity index (χ4v) is 4.40. The summed E-state index contributed by atoms with van der Waals surface area (Å²) in [7, 11) is 0. The molecule has 0 bridgehead atoms. The minimum Gasteiger partial charge on any atom is -0.486 e. The van der Waals surface area contributed by atoms with Crippen molar-refractivity contribution in [3.8, 4) is 22.5 Å². The molecule has 0 aliphatic heterocycles. The summed E-state index contributed by atoms with van der Waals surface area (Å²) in [6.07, 6.45) is 2.82. The number of pyridine rings is 3. The number of furan rings is 1. The van der Waals surface area contributed by atoms with Crippen LogP contribution in [-0.4, -0.2) is 15.0 Å². The van der Waals surface area contributed by atoms with Gasteiger partial charge < -0.3 is 14.4 Å². The first-order valence-electron chi connectivity index (χ1n) is 17.5.